The highest BCUT2D eigenvalue weighted by Gasteiger charge is 2.34. The zero-order valence-corrected chi connectivity index (χ0v) is 10.2. The Hall–Kier alpha value is -2.24. The van der Waals surface area contributed by atoms with Crippen molar-refractivity contribution in [3.8, 4) is 5.75 Å². The molecule has 0 unspecified atom stereocenters. The van der Waals surface area contributed by atoms with Crippen molar-refractivity contribution in [3.05, 3.63) is 59.4 Å². The fourth-order valence-electron chi connectivity index (χ4n) is 1.68. The summed E-state index contributed by atoms with van der Waals surface area (Å²) in [5.41, 5.74) is -0.324. The van der Waals surface area contributed by atoms with Gasteiger partial charge in [0.05, 0.1) is 5.56 Å². The van der Waals surface area contributed by atoms with Gasteiger partial charge in [0.25, 0.3) is 0 Å². The number of halogens is 4. The number of rotatable bonds is 3. The van der Waals surface area contributed by atoms with Crippen molar-refractivity contribution in [2.24, 2.45) is 0 Å². The van der Waals surface area contributed by atoms with Gasteiger partial charge in [-0.05, 0) is 42.0 Å². The molecule has 2 aromatic carbocycles. The van der Waals surface area contributed by atoms with E-state index in [1.54, 1.807) is 12.1 Å². The van der Waals surface area contributed by atoms with E-state index in [1.807, 2.05) is 0 Å². The molecule has 2 N–H and O–H groups in total. The van der Waals surface area contributed by atoms with Crippen molar-refractivity contribution in [1.82, 2.24) is 0 Å². The summed E-state index contributed by atoms with van der Waals surface area (Å²) in [5, 5.41) is 12.0. The highest BCUT2D eigenvalue weighted by atomic mass is 19.4. The topological polar surface area (TPSA) is 32.3 Å². The number of anilines is 1. The monoisotopic (exact) mass is 285 g/mol. The van der Waals surface area contributed by atoms with Crippen LogP contribution in [0.5, 0.6) is 5.75 Å². The molecule has 2 aromatic rings. The lowest BCUT2D eigenvalue weighted by Crippen LogP contribution is -2.10. The van der Waals surface area contributed by atoms with Gasteiger partial charge in [0, 0.05) is 12.2 Å². The summed E-state index contributed by atoms with van der Waals surface area (Å²) in [4.78, 5) is 0. The maximum absolute atomic E-state index is 13.1. The second-order valence-electron chi connectivity index (χ2n) is 4.21. The lowest BCUT2D eigenvalue weighted by atomic mass is 10.1. The Morgan fingerprint density at radius 3 is 2.25 bits per heavy atom. The molecule has 6 heteroatoms. The molecule has 0 spiro atoms. The maximum Gasteiger partial charge on any atom is 0.419 e. The van der Waals surface area contributed by atoms with Crippen molar-refractivity contribution in [3.63, 3.8) is 0 Å². The molecule has 0 heterocycles. The third-order valence-corrected chi connectivity index (χ3v) is 2.70. The van der Waals surface area contributed by atoms with Gasteiger partial charge in [-0.15, -0.1) is 0 Å². The van der Waals surface area contributed by atoms with Crippen LogP contribution in [0, 0.1) is 5.82 Å². The normalized spacial score (nSPS) is 11.4. The molecular weight excluding hydrogens is 274 g/mol. The van der Waals surface area contributed by atoms with Crippen molar-refractivity contribution in [2.75, 3.05) is 5.32 Å². The molecule has 0 atom stereocenters. The second kappa shape index (κ2) is 5.40. The number of hydrogen-bond donors (Lipinski definition) is 2. The lowest BCUT2D eigenvalue weighted by Gasteiger charge is -2.11. The maximum atomic E-state index is 13.1. The van der Waals surface area contributed by atoms with Gasteiger partial charge in [-0.2, -0.15) is 13.2 Å². The molecule has 0 saturated heterocycles. The quantitative estimate of drug-likeness (QED) is 0.655. The van der Waals surface area contributed by atoms with E-state index in [0.29, 0.717) is 11.3 Å². The van der Waals surface area contributed by atoms with E-state index in [9.17, 15) is 17.6 Å². The van der Waals surface area contributed by atoms with Gasteiger partial charge in [0.1, 0.15) is 11.6 Å². The molecule has 20 heavy (non-hydrogen) atoms. The van der Waals surface area contributed by atoms with Crippen molar-refractivity contribution in [2.45, 2.75) is 12.7 Å². The number of hydrogen-bond acceptors (Lipinski definition) is 2. The first-order chi connectivity index (χ1) is 9.36. The summed E-state index contributed by atoms with van der Waals surface area (Å²) >= 11 is 0. The van der Waals surface area contributed by atoms with Crippen LogP contribution in [0.2, 0.25) is 0 Å². The first kappa shape index (κ1) is 14.2. The van der Waals surface area contributed by atoms with Crippen LogP contribution in [-0.2, 0) is 12.7 Å². The van der Waals surface area contributed by atoms with Gasteiger partial charge < -0.3 is 10.4 Å². The van der Waals surface area contributed by atoms with Crippen LogP contribution in [0.1, 0.15) is 11.1 Å². The zero-order chi connectivity index (χ0) is 14.8. The Morgan fingerprint density at radius 1 is 1.00 bits per heavy atom. The lowest BCUT2D eigenvalue weighted by molar-refractivity contribution is -0.140. The number of aromatic hydroxyl groups is 1. The Morgan fingerprint density at radius 2 is 1.65 bits per heavy atom. The van der Waals surface area contributed by atoms with E-state index in [4.69, 9.17) is 5.11 Å². The molecule has 0 aliphatic heterocycles. The largest absolute Gasteiger partial charge is 0.508 e. The molecule has 0 aliphatic carbocycles. The standard InChI is InChI=1S/C14H11F4NO/c15-13-6-1-9(7-12(13)14(16,17)18)8-19-10-2-4-11(20)5-3-10/h1-7,19-20H,8H2. The summed E-state index contributed by atoms with van der Waals surface area (Å²) in [7, 11) is 0. The summed E-state index contributed by atoms with van der Waals surface area (Å²) in [6.45, 7) is 0.119. The Kier molecular flexibility index (Phi) is 3.83. The molecular formula is C14H11F4NO. The van der Waals surface area contributed by atoms with Gasteiger partial charge >= 0.3 is 6.18 Å². The molecule has 0 saturated carbocycles. The predicted octanol–water partition coefficient (Wildman–Crippen LogP) is 4.16. The van der Waals surface area contributed by atoms with Crippen LogP contribution in [0.4, 0.5) is 23.2 Å². The Balaban J connectivity index is 2.12. The molecule has 0 bridgehead atoms. The number of benzene rings is 2. The average molecular weight is 285 g/mol. The third kappa shape index (κ3) is 3.40. The highest BCUT2D eigenvalue weighted by molar-refractivity contribution is 5.46. The number of phenolic OH excluding ortho intramolecular Hbond substituents is 1. The summed E-state index contributed by atoms with van der Waals surface area (Å²) < 4.78 is 50.7. The molecule has 2 rings (SSSR count). The van der Waals surface area contributed by atoms with Crippen LogP contribution in [0.25, 0.3) is 0 Å². The molecule has 2 nitrogen and oxygen atoms in total. The molecule has 0 aliphatic rings. The van der Waals surface area contributed by atoms with Crippen LogP contribution >= 0.6 is 0 Å². The van der Waals surface area contributed by atoms with Crippen LogP contribution in [-0.4, -0.2) is 5.11 Å². The van der Waals surface area contributed by atoms with Crippen molar-refractivity contribution in [1.29, 1.82) is 0 Å². The number of nitrogens with one attached hydrogen (secondary N) is 1. The minimum absolute atomic E-state index is 0.0942. The zero-order valence-electron chi connectivity index (χ0n) is 10.2. The van der Waals surface area contributed by atoms with E-state index in [1.165, 1.54) is 18.2 Å². The summed E-state index contributed by atoms with van der Waals surface area (Å²) in [6.07, 6.45) is -4.71. The van der Waals surface area contributed by atoms with Crippen LogP contribution in [0.3, 0.4) is 0 Å². The minimum Gasteiger partial charge on any atom is -0.508 e. The first-order valence-electron chi connectivity index (χ1n) is 5.75. The molecule has 0 radical (unpaired) electrons. The molecule has 0 aromatic heterocycles. The van der Waals surface area contributed by atoms with E-state index < -0.39 is 17.6 Å². The summed E-state index contributed by atoms with van der Waals surface area (Å²) in [6, 6.07) is 8.95. The predicted molar refractivity (Wildman–Crippen MR) is 66.8 cm³/mol. The van der Waals surface area contributed by atoms with Crippen LogP contribution < -0.4 is 5.32 Å². The highest BCUT2D eigenvalue weighted by Crippen LogP contribution is 2.32. The van der Waals surface area contributed by atoms with Gasteiger partial charge in [-0.3, -0.25) is 0 Å². The van der Waals surface area contributed by atoms with Gasteiger partial charge in [0.2, 0.25) is 0 Å². The van der Waals surface area contributed by atoms with E-state index in [0.717, 1.165) is 12.1 Å². The van der Waals surface area contributed by atoms with Crippen molar-refractivity contribution >= 4 is 5.69 Å². The van der Waals surface area contributed by atoms with E-state index >= 15 is 0 Å². The van der Waals surface area contributed by atoms with Crippen molar-refractivity contribution < 1.29 is 22.7 Å². The molecule has 106 valence electrons. The molecule has 0 fully saturated rings. The minimum atomic E-state index is -4.71. The molecule has 0 amide bonds. The van der Waals surface area contributed by atoms with Crippen LogP contribution in [0.15, 0.2) is 42.5 Å². The Bertz CT molecular complexity index is 593. The summed E-state index contributed by atoms with van der Waals surface area (Å²) in [5.74, 6) is -1.19. The Labute approximate surface area is 112 Å². The van der Waals surface area contributed by atoms with E-state index in [-0.39, 0.29) is 12.3 Å². The fourth-order valence-corrected chi connectivity index (χ4v) is 1.68. The second-order valence-corrected chi connectivity index (χ2v) is 4.21. The third-order valence-electron chi connectivity index (χ3n) is 2.70. The first-order valence-corrected chi connectivity index (χ1v) is 5.75. The fraction of sp³-hybridized carbons (Fsp3) is 0.143. The van der Waals surface area contributed by atoms with Gasteiger partial charge in [-0.1, -0.05) is 6.07 Å². The SMILES string of the molecule is Oc1ccc(NCc2ccc(F)c(C(F)(F)F)c2)cc1. The van der Waals surface area contributed by atoms with Gasteiger partial charge in [0.15, 0.2) is 0 Å². The number of alkyl halides is 3. The smallest absolute Gasteiger partial charge is 0.419 e. The van der Waals surface area contributed by atoms with E-state index in [2.05, 4.69) is 5.32 Å². The average Bonchev–Trinajstić information content (AvgIpc) is 2.38. The number of phenols is 1. The van der Waals surface area contributed by atoms with Gasteiger partial charge in [-0.25, -0.2) is 4.39 Å².